The van der Waals surface area contributed by atoms with Gasteiger partial charge in [-0.15, -0.1) is 0 Å². The van der Waals surface area contributed by atoms with E-state index in [9.17, 15) is 9.18 Å². The number of hydrogen-bond acceptors (Lipinski definition) is 5. The van der Waals surface area contributed by atoms with Crippen molar-refractivity contribution in [2.24, 2.45) is 0 Å². The molecule has 2 fully saturated rings. The average molecular weight is 293 g/mol. The largest absolute Gasteiger partial charge is 0.348 e. The van der Waals surface area contributed by atoms with E-state index >= 15 is 0 Å². The van der Waals surface area contributed by atoms with Crippen molar-refractivity contribution < 1.29 is 9.18 Å². The summed E-state index contributed by atoms with van der Waals surface area (Å²) in [6.45, 7) is 2.23. The number of rotatable bonds is 3. The average Bonchev–Trinajstić information content (AvgIpc) is 3.03. The van der Waals surface area contributed by atoms with Crippen LogP contribution >= 0.6 is 0 Å². The summed E-state index contributed by atoms with van der Waals surface area (Å²) in [5.74, 6) is 0.302. The number of fused-ring (bicyclic) bond motifs is 1. The number of amides is 1. The van der Waals surface area contributed by atoms with Crippen molar-refractivity contribution in [3.8, 4) is 0 Å². The van der Waals surface area contributed by atoms with Crippen LogP contribution in [0.3, 0.4) is 0 Å². The molecule has 2 aliphatic heterocycles. The molecule has 114 valence electrons. The number of likely N-dealkylation sites (tertiary alicyclic amines) is 1. The number of aromatic nitrogens is 2. The quantitative estimate of drug-likeness (QED) is 0.805. The summed E-state index contributed by atoms with van der Waals surface area (Å²) in [7, 11) is 3.56. The van der Waals surface area contributed by atoms with Gasteiger partial charge in [0.1, 0.15) is 0 Å². The van der Waals surface area contributed by atoms with E-state index in [0.29, 0.717) is 24.6 Å². The minimum atomic E-state index is -0.417. The van der Waals surface area contributed by atoms with Crippen molar-refractivity contribution in [1.29, 1.82) is 0 Å². The van der Waals surface area contributed by atoms with Crippen molar-refractivity contribution in [1.82, 2.24) is 19.8 Å². The molecule has 0 radical (unpaired) electrons. The lowest BCUT2D eigenvalue weighted by molar-refractivity contribution is -0.130. The molecule has 2 saturated heterocycles. The first-order chi connectivity index (χ1) is 10.1. The van der Waals surface area contributed by atoms with Crippen molar-refractivity contribution in [3.63, 3.8) is 0 Å². The molecule has 0 unspecified atom stereocenters. The smallest absolute Gasteiger partial charge is 0.236 e. The third-order valence-electron chi connectivity index (χ3n) is 4.39. The van der Waals surface area contributed by atoms with E-state index in [1.807, 2.05) is 0 Å². The van der Waals surface area contributed by atoms with Crippen LogP contribution in [0.4, 0.5) is 10.3 Å². The van der Waals surface area contributed by atoms with Crippen LogP contribution in [0.5, 0.6) is 0 Å². The van der Waals surface area contributed by atoms with Gasteiger partial charge in [0, 0.05) is 39.3 Å². The lowest BCUT2D eigenvalue weighted by Crippen LogP contribution is -2.42. The van der Waals surface area contributed by atoms with Gasteiger partial charge in [-0.05, 0) is 12.8 Å². The van der Waals surface area contributed by atoms with Crippen molar-refractivity contribution in [2.75, 3.05) is 38.6 Å². The first kappa shape index (κ1) is 14.2. The number of anilines is 1. The molecule has 3 heterocycles. The minimum Gasteiger partial charge on any atom is -0.348 e. The Bertz CT molecular complexity index is 521. The number of likely N-dealkylation sites (N-methyl/N-ethyl adjacent to an activating group) is 1. The Balaban J connectivity index is 1.69. The van der Waals surface area contributed by atoms with E-state index in [1.54, 1.807) is 19.0 Å². The van der Waals surface area contributed by atoms with Gasteiger partial charge < -0.3 is 9.80 Å². The van der Waals surface area contributed by atoms with Crippen LogP contribution in [0.2, 0.25) is 0 Å². The molecule has 21 heavy (non-hydrogen) atoms. The number of carbonyl (C=O) groups excluding carboxylic acids is 1. The van der Waals surface area contributed by atoms with Gasteiger partial charge in [-0.2, -0.15) is 0 Å². The molecular formula is C14H20FN5O. The van der Waals surface area contributed by atoms with E-state index in [4.69, 9.17) is 0 Å². The number of halogens is 1. The molecule has 2 aliphatic rings. The van der Waals surface area contributed by atoms with E-state index in [1.165, 1.54) is 12.4 Å². The monoisotopic (exact) mass is 293 g/mol. The van der Waals surface area contributed by atoms with Crippen LogP contribution in [-0.4, -0.2) is 71.5 Å². The zero-order valence-corrected chi connectivity index (χ0v) is 12.4. The maximum Gasteiger partial charge on any atom is 0.236 e. The first-order valence-electron chi connectivity index (χ1n) is 7.24. The molecule has 0 aromatic carbocycles. The Morgan fingerprint density at radius 3 is 2.62 bits per heavy atom. The maximum absolute atomic E-state index is 12.9. The maximum atomic E-state index is 12.9. The van der Waals surface area contributed by atoms with Crippen LogP contribution in [0.1, 0.15) is 12.8 Å². The third-order valence-corrected chi connectivity index (χ3v) is 4.39. The zero-order chi connectivity index (χ0) is 15.0. The van der Waals surface area contributed by atoms with Gasteiger partial charge in [0.05, 0.1) is 18.9 Å². The second-order valence-corrected chi connectivity index (χ2v) is 5.87. The summed E-state index contributed by atoms with van der Waals surface area (Å²) >= 11 is 0. The number of carbonyl (C=O) groups is 1. The molecule has 7 heteroatoms. The predicted molar refractivity (Wildman–Crippen MR) is 76.4 cm³/mol. The second kappa shape index (κ2) is 5.55. The van der Waals surface area contributed by atoms with Gasteiger partial charge in [-0.3, -0.25) is 9.69 Å². The fraction of sp³-hybridized carbons (Fsp3) is 0.643. The highest BCUT2D eigenvalue weighted by Crippen LogP contribution is 2.33. The molecule has 1 aromatic heterocycles. The standard InChI is InChI=1S/C14H20FN5O/c1-18(2)13(21)9-19-5-3-12-11(19)4-6-20(12)14-16-7-10(15)8-17-14/h7-8,11-12H,3-6,9H2,1-2H3/t11-,12-/m0/s1. The topological polar surface area (TPSA) is 52.6 Å². The Kier molecular flexibility index (Phi) is 3.75. The molecule has 0 spiro atoms. The summed E-state index contributed by atoms with van der Waals surface area (Å²) in [5.41, 5.74) is 0. The highest BCUT2D eigenvalue weighted by atomic mass is 19.1. The second-order valence-electron chi connectivity index (χ2n) is 5.87. The SMILES string of the molecule is CN(C)C(=O)CN1CC[C@H]2[C@@H]1CCN2c1ncc(F)cn1. The minimum absolute atomic E-state index is 0.132. The third kappa shape index (κ3) is 2.70. The van der Waals surface area contributed by atoms with Crippen LogP contribution in [-0.2, 0) is 4.79 Å². The van der Waals surface area contributed by atoms with Gasteiger partial charge in [-0.25, -0.2) is 14.4 Å². The van der Waals surface area contributed by atoms with Crippen LogP contribution in [0.25, 0.3) is 0 Å². The van der Waals surface area contributed by atoms with E-state index in [0.717, 1.165) is 25.9 Å². The van der Waals surface area contributed by atoms with E-state index < -0.39 is 5.82 Å². The van der Waals surface area contributed by atoms with Crippen LogP contribution in [0.15, 0.2) is 12.4 Å². The highest BCUT2D eigenvalue weighted by molar-refractivity contribution is 5.77. The fourth-order valence-electron chi connectivity index (χ4n) is 3.29. The Hall–Kier alpha value is -1.76. The first-order valence-corrected chi connectivity index (χ1v) is 7.24. The van der Waals surface area contributed by atoms with Gasteiger partial charge in [-0.1, -0.05) is 0 Å². The molecule has 0 N–H and O–H groups in total. The lowest BCUT2D eigenvalue weighted by atomic mass is 10.1. The summed E-state index contributed by atoms with van der Waals surface area (Å²) in [4.78, 5) is 26.1. The predicted octanol–water partition coefficient (Wildman–Crippen LogP) is 0.357. The molecule has 1 amide bonds. The molecule has 1 aromatic rings. The Labute approximate surface area is 123 Å². The van der Waals surface area contributed by atoms with Gasteiger partial charge in [0.25, 0.3) is 0 Å². The number of nitrogens with zero attached hydrogens (tertiary/aromatic N) is 5. The van der Waals surface area contributed by atoms with Crippen molar-refractivity contribution >= 4 is 11.9 Å². The van der Waals surface area contributed by atoms with Gasteiger partial charge in [0.15, 0.2) is 5.82 Å². The summed E-state index contributed by atoms with van der Waals surface area (Å²) in [5, 5.41) is 0. The van der Waals surface area contributed by atoms with E-state index in [2.05, 4.69) is 19.8 Å². The molecule has 2 atom stereocenters. The lowest BCUT2D eigenvalue weighted by Gasteiger charge is -2.25. The Morgan fingerprint density at radius 1 is 1.29 bits per heavy atom. The van der Waals surface area contributed by atoms with E-state index in [-0.39, 0.29) is 5.91 Å². The molecule has 0 bridgehead atoms. The molecule has 0 aliphatic carbocycles. The Morgan fingerprint density at radius 2 is 1.95 bits per heavy atom. The van der Waals surface area contributed by atoms with Crippen molar-refractivity contribution in [3.05, 3.63) is 18.2 Å². The van der Waals surface area contributed by atoms with Gasteiger partial charge in [0.2, 0.25) is 11.9 Å². The van der Waals surface area contributed by atoms with Crippen LogP contribution in [0, 0.1) is 5.82 Å². The van der Waals surface area contributed by atoms with Crippen LogP contribution < -0.4 is 4.90 Å². The number of hydrogen-bond donors (Lipinski definition) is 0. The summed E-state index contributed by atoms with van der Waals surface area (Å²) in [6, 6.07) is 0.688. The highest BCUT2D eigenvalue weighted by Gasteiger charge is 2.43. The normalized spacial score (nSPS) is 25.2. The zero-order valence-electron chi connectivity index (χ0n) is 12.4. The van der Waals surface area contributed by atoms with Crippen molar-refractivity contribution in [2.45, 2.75) is 24.9 Å². The summed E-state index contributed by atoms with van der Waals surface area (Å²) in [6.07, 6.45) is 4.40. The molecular weight excluding hydrogens is 273 g/mol. The molecule has 6 nitrogen and oxygen atoms in total. The van der Waals surface area contributed by atoms with Gasteiger partial charge >= 0.3 is 0 Å². The summed E-state index contributed by atoms with van der Waals surface area (Å²) < 4.78 is 12.9. The fourth-order valence-corrected chi connectivity index (χ4v) is 3.29. The molecule has 3 rings (SSSR count). The molecule has 0 saturated carbocycles.